The third kappa shape index (κ3) is 8.08. The molecule has 368 valence electrons. The summed E-state index contributed by atoms with van der Waals surface area (Å²) in [5.74, 6) is -0.565. The van der Waals surface area contributed by atoms with Crippen molar-refractivity contribution < 1.29 is 41.8 Å². The molecular weight excluding hydrogens is 917 g/mol. The Bertz CT molecular complexity index is 2950. The molecule has 0 unspecified atom stereocenters. The van der Waals surface area contributed by atoms with Crippen molar-refractivity contribution in [1.29, 1.82) is 0 Å². The van der Waals surface area contributed by atoms with Gasteiger partial charge in [0.05, 0.1) is 59.6 Å². The number of likely N-dealkylation sites (tertiary alicyclic amines) is 1. The number of carbonyl (C=O) groups is 1. The lowest BCUT2D eigenvalue weighted by atomic mass is 9.59. The van der Waals surface area contributed by atoms with Crippen LogP contribution in [0.5, 0.6) is 11.6 Å². The number of ether oxygens (including phenoxy) is 5. The fraction of sp³-hybridized carbons (Fsp3) is 0.490. The number of anilines is 4. The number of hydrogen-bond acceptors (Lipinski definition) is 15. The number of sulfonamides is 1. The molecule has 7 aliphatic rings. The average Bonchev–Trinajstić information content (AvgIpc) is 4.06. The second-order valence-corrected chi connectivity index (χ2v) is 21.6. The van der Waals surface area contributed by atoms with E-state index in [9.17, 15) is 23.3 Å². The van der Waals surface area contributed by atoms with Crippen LogP contribution in [0.15, 0.2) is 77.8 Å². The Morgan fingerprint density at radius 1 is 0.943 bits per heavy atom. The molecule has 1 amide bonds. The van der Waals surface area contributed by atoms with Gasteiger partial charge in [-0.2, -0.15) is 4.98 Å². The summed E-state index contributed by atoms with van der Waals surface area (Å²) in [7, 11) is -4.71. The quantitative estimate of drug-likeness (QED) is 0.0952. The van der Waals surface area contributed by atoms with Crippen molar-refractivity contribution in [1.82, 2.24) is 19.6 Å². The Morgan fingerprint density at radius 3 is 2.59 bits per heavy atom. The Hall–Kier alpha value is -5.99. The maximum absolute atomic E-state index is 14.8. The molecule has 3 aromatic carbocycles. The summed E-state index contributed by atoms with van der Waals surface area (Å²) < 4.78 is 60.6. The van der Waals surface area contributed by atoms with Crippen molar-refractivity contribution >= 4 is 55.4 Å². The number of aromatic nitrogens is 2. The van der Waals surface area contributed by atoms with E-state index in [1.807, 2.05) is 24.3 Å². The van der Waals surface area contributed by atoms with E-state index in [4.69, 9.17) is 28.7 Å². The van der Waals surface area contributed by atoms with Crippen molar-refractivity contribution in [3.8, 4) is 11.6 Å². The summed E-state index contributed by atoms with van der Waals surface area (Å²) in [5.41, 5.74) is 5.54. The molecule has 4 saturated heterocycles. The lowest BCUT2D eigenvalue weighted by molar-refractivity contribution is -0.384. The van der Waals surface area contributed by atoms with Crippen LogP contribution in [0.1, 0.15) is 79.4 Å². The summed E-state index contributed by atoms with van der Waals surface area (Å²) in [6, 6.07) is 20.9. The first-order valence-electron chi connectivity index (χ1n) is 24.8. The zero-order valence-corrected chi connectivity index (χ0v) is 40.0. The molecule has 6 aliphatic heterocycles. The fourth-order valence-corrected chi connectivity index (χ4v) is 13.3. The number of benzene rings is 3. The smallest absolute Gasteiger partial charge is 0.297 e. The largest absolute Gasteiger partial charge is 0.489 e. The van der Waals surface area contributed by atoms with Crippen LogP contribution < -0.4 is 29.3 Å². The highest BCUT2D eigenvalue weighted by Crippen LogP contribution is 2.55. The summed E-state index contributed by atoms with van der Waals surface area (Å²) in [6.45, 7) is 6.98. The van der Waals surface area contributed by atoms with Crippen molar-refractivity contribution in [2.75, 3.05) is 74.4 Å². The first kappa shape index (κ1) is 45.2. The second-order valence-electron chi connectivity index (χ2n) is 19.9. The molecule has 0 radical (unpaired) electrons. The average molecular weight is 975 g/mol. The van der Waals surface area contributed by atoms with Crippen LogP contribution in [0.4, 0.5) is 28.4 Å². The molecule has 2 aromatic heterocycles. The minimum Gasteiger partial charge on any atom is -0.489 e. The number of fused-ring (bicyclic) bond motifs is 4. The molecular formula is C51H58N8O10S. The minimum atomic E-state index is -4.71. The number of amides is 1. The molecule has 3 N–H and O–H groups in total. The summed E-state index contributed by atoms with van der Waals surface area (Å²) in [4.78, 5) is 41.3. The normalized spacial score (nSPS) is 25.5. The number of nitrogens with zero attached hydrogens (tertiary/aromatic N) is 5. The molecule has 1 saturated carbocycles. The highest BCUT2D eigenvalue weighted by molar-refractivity contribution is 7.90. The molecule has 8 heterocycles. The van der Waals surface area contributed by atoms with Crippen molar-refractivity contribution in [2.24, 2.45) is 5.41 Å². The standard InChI is InChI=1S/C51H58N8O10S/c1-2-31-6-3-4-7-36(31)39-8-5-16-57(39)34-26-51(27-34)13-17-56(18-14-51)33-9-10-37(41(23-33)58-40-12-19-65-30-46(40)69-50-43(58)22-32-11-15-52-48(32)54-50)49(60)55-70(63,64)35-24-42(59(61)62)47-44(25-35)68-28-38(53-47)45-29-66-20-21-67-45/h3-4,6-7,9-11,15,22-25,34,38-40,45-46,53H,2,5,8,12-14,16-21,26-30H2,1H3,(H,52,54)(H,55,60)/t38-,39+,40-,45-,46-/m1/s1. The fourth-order valence-electron chi connectivity index (χ4n) is 12.3. The predicted molar refractivity (Wildman–Crippen MR) is 261 cm³/mol. The summed E-state index contributed by atoms with van der Waals surface area (Å²) in [5, 5.41) is 16.4. The van der Waals surface area contributed by atoms with Gasteiger partial charge in [0, 0.05) is 61.2 Å². The number of H-pyrrole nitrogens is 1. The second kappa shape index (κ2) is 18.0. The molecule has 5 fully saturated rings. The number of pyridine rings is 1. The van der Waals surface area contributed by atoms with Crippen LogP contribution in [0.3, 0.4) is 0 Å². The van der Waals surface area contributed by atoms with E-state index >= 15 is 0 Å². The van der Waals surface area contributed by atoms with Gasteiger partial charge in [-0.25, -0.2) is 13.1 Å². The van der Waals surface area contributed by atoms with Gasteiger partial charge >= 0.3 is 0 Å². The van der Waals surface area contributed by atoms with E-state index in [1.165, 1.54) is 42.9 Å². The number of nitro benzene ring substituents is 1. The molecule has 12 rings (SSSR count). The van der Waals surface area contributed by atoms with E-state index in [-0.39, 0.29) is 41.7 Å². The number of nitrogens with one attached hydrogen (secondary N) is 3. The lowest BCUT2D eigenvalue weighted by Gasteiger charge is -2.56. The Morgan fingerprint density at radius 2 is 1.77 bits per heavy atom. The zero-order valence-electron chi connectivity index (χ0n) is 39.1. The number of aromatic amines is 1. The Balaban J connectivity index is 0.841. The van der Waals surface area contributed by atoms with Crippen molar-refractivity contribution in [2.45, 2.75) is 99.6 Å². The molecule has 5 atom stereocenters. The van der Waals surface area contributed by atoms with E-state index in [0.29, 0.717) is 67.8 Å². The number of aryl methyl sites for hydroxylation is 1. The SMILES string of the molecule is CCc1ccccc1[C@@H]1CCCN1C1CC2(CCN(c3ccc(C(=O)NS(=O)(=O)c4cc5c(c([N+](=O)[O-])c4)N[C@@H]([C@H]4COCCO4)CO5)c(N4c5cc6cc[nH]c6nc5O[C@@H]5COCC[C@H]54)c3)CC2)C1. The topological polar surface area (TPSA) is 203 Å². The van der Waals surface area contributed by atoms with Gasteiger partial charge in [-0.05, 0) is 105 Å². The molecule has 70 heavy (non-hydrogen) atoms. The highest BCUT2D eigenvalue weighted by atomic mass is 32.2. The third-order valence-corrected chi connectivity index (χ3v) is 17.3. The Labute approximate surface area is 406 Å². The van der Waals surface area contributed by atoms with Crippen LogP contribution >= 0.6 is 0 Å². The van der Waals surface area contributed by atoms with Crippen LogP contribution in [0, 0.1) is 15.5 Å². The van der Waals surface area contributed by atoms with E-state index in [1.54, 1.807) is 12.3 Å². The highest BCUT2D eigenvalue weighted by Gasteiger charge is 2.50. The van der Waals surface area contributed by atoms with Gasteiger partial charge in [-0.3, -0.25) is 19.8 Å². The van der Waals surface area contributed by atoms with E-state index in [2.05, 4.69) is 60.9 Å². The van der Waals surface area contributed by atoms with Gasteiger partial charge in [0.15, 0.2) is 11.4 Å². The number of carbonyl (C=O) groups excluding carboxylic acids is 1. The van der Waals surface area contributed by atoms with Crippen LogP contribution in [0.25, 0.3) is 11.0 Å². The maximum Gasteiger partial charge on any atom is 0.297 e. The van der Waals surface area contributed by atoms with Gasteiger partial charge < -0.3 is 43.8 Å². The van der Waals surface area contributed by atoms with E-state index < -0.39 is 49.7 Å². The first-order valence-corrected chi connectivity index (χ1v) is 26.3. The molecule has 1 spiro atoms. The van der Waals surface area contributed by atoms with Crippen LogP contribution in [-0.2, 0) is 30.7 Å². The molecule has 5 aromatic rings. The molecule has 1 aliphatic carbocycles. The summed E-state index contributed by atoms with van der Waals surface area (Å²) >= 11 is 0. The number of nitro groups is 1. The van der Waals surface area contributed by atoms with Gasteiger partial charge in [-0.1, -0.05) is 31.2 Å². The number of hydrogen-bond donors (Lipinski definition) is 3. The molecule has 0 bridgehead atoms. The predicted octanol–water partition coefficient (Wildman–Crippen LogP) is 7.01. The lowest BCUT2D eigenvalue weighted by Crippen LogP contribution is -2.55. The summed E-state index contributed by atoms with van der Waals surface area (Å²) in [6.07, 6.45) is 9.51. The number of piperidine rings is 1. The van der Waals surface area contributed by atoms with Gasteiger partial charge in [0.1, 0.15) is 30.1 Å². The monoisotopic (exact) mass is 974 g/mol. The van der Waals surface area contributed by atoms with Gasteiger partial charge in [0.2, 0.25) is 5.88 Å². The van der Waals surface area contributed by atoms with Crippen molar-refractivity contribution in [3.63, 3.8) is 0 Å². The zero-order chi connectivity index (χ0) is 47.7. The van der Waals surface area contributed by atoms with Crippen LogP contribution in [-0.4, -0.2) is 124 Å². The van der Waals surface area contributed by atoms with Crippen LogP contribution in [0.2, 0.25) is 0 Å². The molecule has 18 nitrogen and oxygen atoms in total. The van der Waals surface area contributed by atoms with Gasteiger partial charge in [0.25, 0.3) is 21.6 Å². The molecule has 19 heteroatoms. The minimum absolute atomic E-state index is 0.0234. The Kier molecular flexibility index (Phi) is 11.6. The number of rotatable bonds is 10. The van der Waals surface area contributed by atoms with Crippen molar-refractivity contribution in [3.05, 3.63) is 99.7 Å². The maximum atomic E-state index is 14.8. The third-order valence-electron chi connectivity index (χ3n) is 16.0. The first-order chi connectivity index (χ1) is 34.0. The van der Waals surface area contributed by atoms with Gasteiger partial charge in [-0.15, -0.1) is 0 Å². The van der Waals surface area contributed by atoms with E-state index in [0.717, 1.165) is 56.0 Å².